The lowest BCUT2D eigenvalue weighted by molar-refractivity contribution is 0.102. The van der Waals surface area contributed by atoms with Crippen LogP contribution in [0, 0.1) is 0 Å². The Kier molecular flexibility index (Phi) is 7.48. The number of nitrogens with zero attached hydrogens (tertiary/aromatic N) is 2. The number of amides is 3. The van der Waals surface area contributed by atoms with Crippen molar-refractivity contribution in [3.8, 4) is 16.9 Å². The maximum absolute atomic E-state index is 13.4. The second-order valence-corrected chi connectivity index (χ2v) is 9.49. The normalized spacial score (nSPS) is 15.6. The number of rotatable bonds is 6. The number of urea groups is 1. The van der Waals surface area contributed by atoms with E-state index in [0.29, 0.717) is 42.6 Å². The molecule has 4 rings (SSSR count). The Hall–Kier alpha value is -4.00. The van der Waals surface area contributed by atoms with Crippen molar-refractivity contribution in [1.29, 1.82) is 0 Å². The van der Waals surface area contributed by atoms with Crippen molar-refractivity contribution in [3.63, 3.8) is 0 Å². The van der Waals surface area contributed by atoms with Crippen LogP contribution in [0.25, 0.3) is 11.1 Å². The minimum Gasteiger partial charge on any atom is -0.496 e. The molecule has 1 aliphatic rings. The van der Waals surface area contributed by atoms with Crippen molar-refractivity contribution >= 4 is 23.3 Å². The van der Waals surface area contributed by atoms with Crippen molar-refractivity contribution in [2.75, 3.05) is 37.0 Å². The maximum atomic E-state index is 13.4. The van der Waals surface area contributed by atoms with Crippen LogP contribution in [0.3, 0.4) is 0 Å². The van der Waals surface area contributed by atoms with E-state index in [0.717, 1.165) is 16.8 Å². The first kappa shape index (κ1) is 25.1. The van der Waals surface area contributed by atoms with Gasteiger partial charge in [0.2, 0.25) is 0 Å². The van der Waals surface area contributed by atoms with Crippen LogP contribution >= 0.6 is 0 Å². The van der Waals surface area contributed by atoms with Gasteiger partial charge in [-0.3, -0.25) is 4.79 Å². The van der Waals surface area contributed by atoms with Gasteiger partial charge in [0.25, 0.3) is 5.91 Å². The fraction of sp³-hybridized carbons (Fsp3) is 0.310. The van der Waals surface area contributed by atoms with Crippen LogP contribution in [0.15, 0.2) is 66.7 Å². The van der Waals surface area contributed by atoms with Gasteiger partial charge >= 0.3 is 6.03 Å². The maximum Gasteiger partial charge on any atom is 0.314 e. The third kappa shape index (κ3) is 5.30. The van der Waals surface area contributed by atoms with E-state index >= 15 is 0 Å². The number of benzene rings is 3. The van der Waals surface area contributed by atoms with E-state index in [1.807, 2.05) is 54.6 Å². The first-order valence-corrected chi connectivity index (χ1v) is 12.3. The van der Waals surface area contributed by atoms with Gasteiger partial charge in [0.05, 0.1) is 12.7 Å². The van der Waals surface area contributed by atoms with Gasteiger partial charge in [-0.1, -0.05) is 44.2 Å². The zero-order valence-corrected chi connectivity index (χ0v) is 21.3. The minimum absolute atomic E-state index is 0.146. The Morgan fingerprint density at radius 3 is 2.28 bits per heavy atom. The van der Waals surface area contributed by atoms with Crippen LogP contribution < -0.4 is 20.7 Å². The molecule has 188 valence electrons. The summed E-state index contributed by atoms with van der Waals surface area (Å²) in [7, 11) is 1.62. The average Bonchev–Trinajstić information content (AvgIpc) is 2.88. The summed E-state index contributed by atoms with van der Waals surface area (Å²) in [6.07, 6.45) is 0. The van der Waals surface area contributed by atoms with Gasteiger partial charge in [0.15, 0.2) is 0 Å². The Balaban J connectivity index is 1.53. The Morgan fingerprint density at radius 2 is 1.69 bits per heavy atom. The van der Waals surface area contributed by atoms with Gasteiger partial charge in [-0.2, -0.15) is 0 Å². The van der Waals surface area contributed by atoms with Crippen LogP contribution in [-0.4, -0.2) is 49.6 Å². The molecular formula is C29H34N4O3. The predicted molar refractivity (Wildman–Crippen MR) is 145 cm³/mol. The molecule has 7 nitrogen and oxygen atoms in total. The number of anilines is 2. The second-order valence-electron chi connectivity index (χ2n) is 9.49. The van der Waals surface area contributed by atoms with Gasteiger partial charge in [0.1, 0.15) is 5.75 Å². The molecule has 3 N–H and O–H groups in total. The summed E-state index contributed by atoms with van der Waals surface area (Å²) >= 11 is 0. The van der Waals surface area contributed by atoms with E-state index in [4.69, 9.17) is 10.5 Å². The van der Waals surface area contributed by atoms with E-state index in [1.165, 1.54) is 5.56 Å². The van der Waals surface area contributed by atoms with E-state index in [1.54, 1.807) is 12.0 Å². The number of hydrogen-bond acceptors (Lipinski definition) is 4. The molecule has 0 aliphatic carbocycles. The number of methoxy groups -OCH3 is 1. The molecule has 1 unspecified atom stereocenters. The number of carbonyl (C=O) groups is 2. The average molecular weight is 487 g/mol. The van der Waals surface area contributed by atoms with Crippen LogP contribution in [0.2, 0.25) is 0 Å². The summed E-state index contributed by atoms with van der Waals surface area (Å²) in [5, 5.41) is 3.03. The standard InChI is InChI=1S/C29H34N4O3/c1-19(2)21-8-10-22(11-9-21)27-25(6-5-7-26(27)36-4)28(34)31-23-12-14-24(15-13-23)33-17-16-32(29(30)35)18-20(33)3/h5-15,19-20H,16-18H2,1-4H3,(H2,30,35)(H,31,34). The largest absolute Gasteiger partial charge is 0.496 e. The van der Waals surface area contributed by atoms with Gasteiger partial charge in [-0.25, -0.2) is 4.79 Å². The number of nitrogens with one attached hydrogen (secondary N) is 1. The minimum atomic E-state index is -0.382. The molecule has 1 atom stereocenters. The third-order valence-electron chi connectivity index (χ3n) is 6.75. The Morgan fingerprint density at radius 1 is 1.00 bits per heavy atom. The van der Waals surface area contributed by atoms with Crippen molar-refractivity contribution in [2.45, 2.75) is 32.7 Å². The number of ether oxygens (including phenoxy) is 1. The van der Waals surface area contributed by atoms with Gasteiger partial charge < -0.3 is 25.6 Å². The van der Waals surface area contributed by atoms with Crippen molar-refractivity contribution in [1.82, 2.24) is 4.90 Å². The molecule has 0 saturated carbocycles. The predicted octanol–water partition coefficient (Wildman–Crippen LogP) is 5.33. The molecular weight excluding hydrogens is 452 g/mol. The highest BCUT2D eigenvalue weighted by molar-refractivity contribution is 6.09. The molecule has 1 aliphatic heterocycles. The molecule has 3 aromatic carbocycles. The molecule has 0 spiro atoms. The molecule has 1 heterocycles. The zero-order chi connectivity index (χ0) is 25.8. The molecule has 3 amide bonds. The number of primary amides is 1. The quantitative estimate of drug-likeness (QED) is 0.493. The van der Waals surface area contributed by atoms with Gasteiger partial charge in [0, 0.05) is 42.6 Å². The lowest BCUT2D eigenvalue weighted by Crippen LogP contribution is -2.55. The molecule has 3 aromatic rings. The summed E-state index contributed by atoms with van der Waals surface area (Å²) in [5.74, 6) is 0.880. The van der Waals surface area contributed by atoms with E-state index in [9.17, 15) is 9.59 Å². The molecule has 1 fully saturated rings. The highest BCUT2D eigenvalue weighted by Crippen LogP contribution is 2.35. The fourth-order valence-corrected chi connectivity index (χ4v) is 4.70. The lowest BCUT2D eigenvalue weighted by atomic mass is 9.95. The zero-order valence-electron chi connectivity index (χ0n) is 21.3. The van der Waals surface area contributed by atoms with Crippen molar-refractivity contribution in [3.05, 3.63) is 77.9 Å². The first-order valence-electron chi connectivity index (χ1n) is 12.3. The molecule has 0 aromatic heterocycles. The van der Waals surface area contributed by atoms with E-state index in [2.05, 4.69) is 43.1 Å². The molecule has 0 bridgehead atoms. The van der Waals surface area contributed by atoms with Crippen LogP contribution in [-0.2, 0) is 0 Å². The summed E-state index contributed by atoms with van der Waals surface area (Å²) in [5.41, 5.74) is 10.7. The van der Waals surface area contributed by atoms with E-state index in [-0.39, 0.29) is 18.0 Å². The number of hydrogen-bond donors (Lipinski definition) is 2. The molecule has 0 radical (unpaired) electrons. The number of carbonyl (C=O) groups excluding carboxylic acids is 2. The number of piperazine rings is 1. The number of nitrogens with two attached hydrogens (primary N) is 1. The smallest absolute Gasteiger partial charge is 0.314 e. The van der Waals surface area contributed by atoms with Gasteiger partial charge in [-0.05, 0) is 60.4 Å². The van der Waals surface area contributed by atoms with Crippen molar-refractivity contribution < 1.29 is 14.3 Å². The Bertz CT molecular complexity index is 1220. The third-order valence-corrected chi connectivity index (χ3v) is 6.75. The molecule has 1 saturated heterocycles. The van der Waals surface area contributed by atoms with E-state index < -0.39 is 0 Å². The highest BCUT2D eigenvalue weighted by Gasteiger charge is 2.25. The van der Waals surface area contributed by atoms with Crippen LogP contribution in [0.4, 0.5) is 16.2 Å². The van der Waals surface area contributed by atoms with Crippen LogP contribution in [0.5, 0.6) is 5.75 Å². The fourth-order valence-electron chi connectivity index (χ4n) is 4.70. The summed E-state index contributed by atoms with van der Waals surface area (Å²) < 4.78 is 5.62. The second kappa shape index (κ2) is 10.7. The molecule has 36 heavy (non-hydrogen) atoms. The van der Waals surface area contributed by atoms with Crippen molar-refractivity contribution in [2.24, 2.45) is 5.73 Å². The first-order chi connectivity index (χ1) is 17.3. The summed E-state index contributed by atoms with van der Waals surface area (Å²) in [6.45, 7) is 8.27. The van der Waals surface area contributed by atoms with Gasteiger partial charge in [-0.15, -0.1) is 0 Å². The molecule has 7 heteroatoms. The summed E-state index contributed by atoms with van der Waals surface area (Å²) in [6, 6.07) is 21.3. The topological polar surface area (TPSA) is 87.9 Å². The summed E-state index contributed by atoms with van der Waals surface area (Å²) in [4.78, 5) is 28.8. The Labute approximate surface area is 212 Å². The highest BCUT2D eigenvalue weighted by atomic mass is 16.5. The SMILES string of the molecule is COc1cccc(C(=O)Nc2ccc(N3CCN(C(N)=O)CC3C)cc2)c1-c1ccc(C(C)C)cc1. The lowest BCUT2D eigenvalue weighted by Gasteiger charge is -2.40. The van der Waals surface area contributed by atoms with Crippen LogP contribution in [0.1, 0.15) is 42.6 Å². The monoisotopic (exact) mass is 486 g/mol.